The van der Waals surface area contributed by atoms with Crippen molar-refractivity contribution in [3.63, 3.8) is 0 Å². The van der Waals surface area contributed by atoms with E-state index in [4.69, 9.17) is 9.47 Å². The molecule has 1 heterocycles. The molecule has 32 heavy (non-hydrogen) atoms. The van der Waals surface area contributed by atoms with Crippen LogP contribution in [0.5, 0.6) is 11.5 Å². The van der Waals surface area contributed by atoms with E-state index >= 15 is 0 Å². The van der Waals surface area contributed by atoms with E-state index in [1.165, 1.54) is 24.4 Å². The first-order chi connectivity index (χ1) is 15.6. The third kappa shape index (κ3) is 4.99. The fourth-order valence-corrected chi connectivity index (χ4v) is 2.91. The van der Waals surface area contributed by atoms with Gasteiger partial charge >= 0.3 is 0 Å². The van der Waals surface area contributed by atoms with Crippen LogP contribution in [-0.2, 0) is 4.79 Å². The maximum atomic E-state index is 13.7. The van der Waals surface area contributed by atoms with Crippen molar-refractivity contribution < 1.29 is 23.5 Å². The highest BCUT2D eigenvalue weighted by Gasteiger charge is 2.16. The van der Waals surface area contributed by atoms with Gasteiger partial charge in [-0.1, -0.05) is 42.5 Å². The summed E-state index contributed by atoms with van der Waals surface area (Å²) in [6.45, 7) is 0.116. The predicted molar refractivity (Wildman–Crippen MR) is 117 cm³/mol. The molecule has 0 saturated carbocycles. The van der Waals surface area contributed by atoms with Crippen LogP contribution in [-0.4, -0.2) is 24.8 Å². The second-order valence-corrected chi connectivity index (χ2v) is 6.71. The van der Waals surface area contributed by atoms with Crippen molar-refractivity contribution in [2.45, 2.75) is 0 Å². The van der Waals surface area contributed by atoms with Crippen LogP contribution < -0.4 is 20.2 Å². The standard InChI is InChI=1S/C24H18FN3O4/c25-19-9-5-4-8-18(19)14-26-28-24(30)20(27-23(29)17-6-2-1-3-7-17)12-16-10-11-21-22(13-16)32-15-31-21/h1-14H,15H2,(H,27,29)(H,28,30). The summed E-state index contributed by atoms with van der Waals surface area (Å²) in [6.07, 6.45) is 2.67. The van der Waals surface area contributed by atoms with E-state index in [-0.39, 0.29) is 18.1 Å². The zero-order chi connectivity index (χ0) is 22.3. The Bertz CT molecular complexity index is 1210. The Morgan fingerprint density at radius 1 is 0.938 bits per heavy atom. The fraction of sp³-hybridized carbons (Fsp3) is 0.0417. The number of fused-ring (bicyclic) bond motifs is 1. The van der Waals surface area contributed by atoms with Gasteiger partial charge in [0.2, 0.25) is 6.79 Å². The SMILES string of the molecule is O=C(NN=Cc1ccccc1F)C(=Cc1ccc2c(c1)OCO2)NC(=O)c1ccccc1. The van der Waals surface area contributed by atoms with E-state index < -0.39 is 17.6 Å². The molecule has 2 amide bonds. The number of ether oxygens (including phenoxy) is 2. The minimum atomic E-state index is -0.681. The van der Waals surface area contributed by atoms with Gasteiger partial charge < -0.3 is 14.8 Å². The lowest BCUT2D eigenvalue weighted by Crippen LogP contribution is -2.32. The monoisotopic (exact) mass is 431 g/mol. The molecule has 3 aromatic carbocycles. The lowest BCUT2D eigenvalue weighted by Gasteiger charge is -2.09. The summed E-state index contributed by atoms with van der Waals surface area (Å²) < 4.78 is 24.4. The summed E-state index contributed by atoms with van der Waals surface area (Å²) in [5.74, 6) is -0.495. The van der Waals surface area contributed by atoms with E-state index in [0.717, 1.165) is 0 Å². The third-order valence-electron chi connectivity index (χ3n) is 4.51. The van der Waals surface area contributed by atoms with E-state index in [2.05, 4.69) is 15.8 Å². The van der Waals surface area contributed by atoms with Gasteiger partial charge in [-0.3, -0.25) is 9.59 Å². The average molecular weight is 431 g/mol. The summed E-state index contributed by atoms with van der Waals surface area (Å²) >= 11 is 0. The summed E-state index contributed by atoms with van der Waals surface area (Å²) in [4.78, 5) is 25.4. The van der Waals surface area contributed by atoms with Crippen LogP contribution in [0.2, 0.25) is 0 Å². The van der Waals surface area contributed by atoms with Gasteiger partial charge in [0, 0.05) is 11.1 Å². The highest BCUT2D eigenvalue weighted by Crippen LogP contribution is 2.33. The largest absolute Gasteiger partial charge is 0.454 e. The van der Waals surface area contributed by atoms with Crippen LogP contribution in [0.25, 0.3) is 6.08 Å². The normalized spacial score (nSPS) is 12.6. The van der Waals surface area contributed by atoms with Crippen molar-refractivity contribution in [2.75, 3.05) is 6.79 Å². The highest BCUT2D eigenvalue weighted by atomic mass is 19.1. The molecule has 2 N–H and O–H groups in total. The van der Waals surface area contributed by atoms with E-state index in [1.807, 2.05) is 0 Å². The highest BCUT2D eigenvalue weighted by molar-refractivity contribution is 6.05. The van der Waals surface area contributed by atoms with E-state index in [0.29, 0.717) is 22.6 Å². The number of benzene rings is 3. The number of amides is 2. The lowest BCUT2D eigenvalue weighted by atomic mass is 10.1. The first kappa shape index (κ1) is 20.8. The van der Waals surface area contributed by atoms with Crippen molar-refractivity contribution in [3.8, 4) is 11.5 Å². The van der Waals surface area contributed by atoms with E-state index in [1.54, 1.807) is 60.7 Å². The summed E-state index contributed by atoms with van der Waals surface area (Å²) in [7, 11) is 0. The van der Waals surface area contributed by atoms with Crippen LogP contribution in [0.4, 0.5) is 4.39 Å². The van der Waals surface area contributed by atoms with Gasteiger partial charge in [0.05, 0.1) is 6.21 Å². The molecule has 160 valence electrons. The Morgan fingerprint density at radius 2 is 1.69 bits per heavy atom. The molecule has 1 aliphatic heterocycles. The number of hydrogen-bond acceptors (Lipinski definition) is 5. The van der Waals surface area contributed by atoms with Crippen LogP contribution >= 0.6 is 0 Å². The molecule has 0 fully saturated rings. The molecular formula is C24H18FN3O4. The number of carbonyl (C=O) groups excluding carboxylic acids is 2. The van der Waals surface area contributed by atoms with Gasteiger partial charge in [0.15, 0.2) is 11.5 Å². The lowest BCUT2D eigenvalue weighted by molar-refractivity contribution is -0.117. The molecule has 1 aliphatic rings. The molecule has 0 aliphatic carbocycles. The van der Waals surface area contributed by atoms with Crippen LogP contribution in [0, 0.1) is 5.82 Å². The molecular weight excluding hydrogens is 413 g/mol. The quantitative estimate of drug-likeness (QED) is 0.355. The maximum absolute atomic E-state index is 13.7. The second-order valence-electron chi connectivity index (χ2n) is 6.71. The molecule has 0 spiro atoms. The molecule has 0 saturated heterocycles. The second kappa shape index (κ2) is 9.57. The van der Waals surface area contributed by atoms with Crippen LogP contribution in [0.3, 0.4) is 0 Å². The Kier molecular flexibility index (Phi) is 6.22. The number of carbonyl (C=O) groups is 2. The first-order valence-electron chi connectivity index (χ1n) is 9.66. The van der Waals surface area contributed by atoms with Crippen molar-refractivity contribution in [3.05, 3.63) is 101 Å². The smallest absolute Gasteiger partial charge is 0.287 e. The van der Waals surface area contributed by atoms with Crippen LogP contribution in [0.1, 0.15) is 21.5 Å². The Hall–Kier alpha value is -4.46. The molecule has 7 nitrogen and oxygen atoms in total. The van der Waals surface area contributed by atoms with Gasteiger partial charge in [0.1, 0.15) is 11.5 Å². The van der Waals surface area contributed by atoms with Gasteiger partial charge in [-0.2, -0.15) is 5.10 Å². The molecule has 4 rings (SSSR count). The van der Waals surface area contributed by atoms with Gasteiger partial charge in [-0.15, -0.1) is 0 Å². The molecule has 8 heteroatoms. The molecule has 3 aromatic rings. The molecule has 0 bridgehead atoms. The zero-order valence-electron chi connectivity index (χ0n) is 16.7. The molecule has 0 atom stereocenters. The Morgan fingerprint density at radius 3 is 2.50 bits per heavy atom. The molecule has 0 unspecified atom stereocenters. The number of rotatable bonds is 6. The third-order valence-corrected chi connectivity index (χ3v) is 4.51. The number of nitrogens with one attached hydrogen (secondary N) is 2. The van der Waals surface area contributed by atoms with Crippen LogP contribution in [0.15, 0.2) is 83.6 Å². The van der Waals surface area contributed by atoms with Crippen molar-refractivity contribution in [1.82, 2.24) is 10.7 Å². The molecule has 0 radical (unpaired) electrons. The number of halogens is 1. The van der Waals surface area contributed by atoms with E-state index in [9.17, 15) is 14.0 Å². The first-order valence-corrected chi connectivity index (χ1v) is 9.66. The van der Waals surface area contributed by atoms with Gasteiger partial charge in [-0.25, -0.2) is 9.82 Å². The summed E-state index contributed by atoms with van der Waals surface area (Å²) in [6, 6.07) is 19.6. The minimum absolute atomic E-state index is 0.0524. The van der Waals surface area contributed by atoms with Crippen molar-refractivity contribution in [2.24, 2.45) is 5.10 Å². The summed E-state index contributed by atoms with van der Waals surface area (Å²) in [5.41, 5.74) is 3.45. The summed E-state index contributed by atoms with van der Waals surface area (Å²) in [5, 5.41) is 6.40. The Labute approximate surface area is 183 Å². The fourth-order valence-electron chi connectivity index (χ4n) is 2.91. The van der Waals surface area contributed by atoms with Gasteiger partial charge in [0.25, 0.3) is 11.8 Å². The zero-order valence-corrected chi connectivity index (χ0v) is 16.7. The average Bonchev–Trinajstić information content (AvgIpc) is 3.28. The molecule has 0 aromatic heterocycles. The number of hydrazone groups is 1. The number of hydrogen-bond donors (Lipinski definition) is 2. The predicted octanol–water partition coefficient (Wildman–Crippen LogP) is 3.48. The Balaban J connectivity index is 1.57. The number of nitrogens with zero attached hydrogens (tertiary/aromatic N) is 1. The maximum Gasteiger partial charge on any atom is 0.287 e. The topological polar surface area (TPSA) is 89.0 Å². The van der Waals surface area contributed by atoms with Crippen molar-refractivity contribution in [1.29, 1.82) is 0 Å². The minimum Gasteiger partial charge on any atom is -0.454 e. The van der Waals surface area contributed by atoms with Gasteiger partial charge in [-0.05, 0) is 42.0 Å². The van der Waals surface area contributed by atoms with Crippen molar-refractivity contribution >= 4 is 24.1 Å².